The molecule has 1 heterocycles. The summed E-state index contributed by atoms with van der Waals surface area (Å²) < 4.78 is 0. The molecule has 1 aromatic heterocycles. The van der Waals surface area contributed by atoms with Gasteiger partial charge in [0, 0.05) is 13.2 Å². The maximum Gasteiger partial charge on any atom is 0.0599 e. The first kappa shape index (κ1) is 10.8. The van der Waals surface area contributed by atoms with Gasteiger partial charge < -0.3 is 4.90 Å². The summed E-state index contributed by atoms with van der Waals surface area (Å²) in [4.78, 5) is 6.35. The van der Waals surface area contributed by atoms with Crippen molar-refractivity contribution in [3.63, 3.8) is 0 Å². The van der Waals surface area contributed by atoms with Crippen molar-refractivity contribution in [2.24, 2.45) is 0 Å². The molecule has 14 heavy (non-hydrogen) atoms. The van der Waals surface area contributed by atoms with Gasteiger partial charge in [-0.25, -0.2) is 0 Å². The van der Waals surface area contributed by atoms with Crippen LogP contribution in [0.3, 0.4) is 0 Å². The van der Waals surface area contributed by atoms with E-state index in [-0.39, 0.29) is 0 Å². The van der Waals surface area contributed by atoms with Crippen LogP contribution in [0.25, 0.3) is 0 Å². The van der Waals surface area contributed by atoms with E-state index in [1.807, 2.05) is 24.3 Å². The second-order valence-electron chi connectivity index (χ2n) is 3.50. The molecule has 0 radical (unpaired) electrons. The highest BCUT2D eigenvalue weighted by Crippen LogP contribution is 2.06. The largest absolute Gasteiger partial charge is 0.375 e. The van der Waals surface area contributed by atoms with Crippen LogP contribution in [0.4, 0.5) is 0 Å². The maximum atomic E-state index is 4.32. The SMILES string of the molecule is C=CN(C)Cc1cc(CCC)ccn1. The fourth-order valence-corrected chi connectivity index (χ4v) is 1.38. The van der Waals surface area contributed by atoms with Gasteiger partial charge in [0.1, 0.15) is 0 Å². The summed E-state index contributed by atoms with van der Waals surface area (Å²) in [6, 6.07) is 4.25. The maximum absolute atomic E-state index is 4.32. The van der Waals surface area contributed by atoms with E-state index >= 15 is 0 Å². The van der Waals surface area contributed by atoms with E-state index in [0.29, 0.717) is 0 Å². The minimum Gasteiger partial charge on any atom is -0.375 e. The van der Waals surface area contributed by atoms with Crippen molar-refractivity contribution in [1.82, 2.24) is 9.88 Å². The van der Waals surface area contributed by atoms with E-state index in [4.69, 9.17) is 0 Å². The molecule has 0 fully saturated rings. The number of pyridine rings is 1. The second kappa shape index (κ2) is 5.43. The van der Waals surface area contributed by atoms with E-state index in [9.17, 15) is 0 Å². The summed E-state index contributed by atoms with van der Waals surface area (Å²) >= 11 is 0. The van der Waals surface area contributed by atoms with Crippen LogP contribution < -0.4 is 0 Å². The molecule has 0 spiro atoms. The molecule has 0 bridgehead atoms. The number of nitrogens with zero attached hydrogens (tertiary/aromatic N) is 2. The van der Waals surface area contributed by atoms with Crippen LogP contribution in [0, 0.1) is 0 Å². The molecule has 0 amide bonds. The predicted octanol–water partition coefficient (Wildman–Crippen LogP) is 2.61. The van der Waals surface area contributed by atoms with Gasteiger partial charge in [-0.2, -0.15) is 0 Å². The zero-order valence-electron chi connectivity index (χ0n) is 9.03. The molecule has 0 aliphatic heterocycles. The number of aryl methyl sites for hydroxylation is 1. The molecule has 0 saturated heterocycles. The fraction of sp³-hybridized carbons (Fsp3) is 0.417. The topological polar surface area (TPSA) is 16.1 Å². The van der Waals surface area contributed by atoms with E-state index in [2.05, 4.69) is 30.6 Å². The molecule has 1 rings (SSSR count). The predicted molar refractivity (Wildman–Crippen MR) is 59.9 cm³/mol. The Bertz CT molecular complexity index is 294. The van der Waals surface area contributed by atoms with Crippen LogP contribution in [-0.4, -0.2) is 16.9 Å². The summed E-state index contributed by atoms with van der Waals surface area (Å²) in [6.45, 7) is 6.74. The summed E-state index contributed by atoms with van der Waals surface area (Å²) in [7, 11) is 2.00. The lowest BCUT2D eigenvalue weighted by Gasteiger charge is -2.12. The van der Waals surface area contributed by atoms with Crippen LogP contribution in [0.5, 0.6) is 0 Å². The molecular formula is C12H18N2. The lowest BCUT2D eigenvalue weighted by atomic mass is 10.1. The Morgan fingerprint density at radius 1 is 1.57 bits per heavy atom. The summed E-state index contributed by atoms with van der Waals surface area (Å²) in [5, 5.41) is 0. The van der Waals surface area contributed by atoms with E-state index in [1.54, 1.807) is 0 Å². The molecule has 1 aromatic rings. The molecule has 0 saturated carbocycles. The number of rotatable bonds is 5. The molecule has 76 valence electrons. The van der Waals surface area contributed by atoms with E-state index in [0.717, 1.165) is 18.7 Å². The zero-order chi connectivity index (χ0) is 10.4. The minimum absolute atomic E-state index is 0.834. The number of hydrogen-bond acceptors (Lipinski definition) is 2. The van der Waals surface area contributed by atoms with E-state index in [1.165, 1.54) is 12.0 Å². The Labute approximate surface area is 86.3 Å². The Kier molecular flexibility index (Phi) is 4.17. The average molecular weight is 190 g/mol. The van der Waals surface area contributed by atoms with Gasteiger partial charge in [-0.3, -0.25) is 4.98 Å². The van der Waals surface area contributed by atoms with Crippen molar-refractivity contribution in [1.29, 1.82) is 0 Å². The Morgan fingerprint density at radius 3 is 3.00 bits per heavy atom. The van der Waals surface area contributed by atoms with Crippen LogP contribution in [0.2, 0.25) is 0 Å². The molecule has 2 heteroatoms. The standard InChI is InChI=1S/C12H18N2/c1-4-6-11-7-8-13-12(9-11)10-14(3)5-2/h5,7-9H,2,4,6,10H2,1,3H3. The van der Waals surface area contributed by atoms with Gasteiger partial charge in [0.2, 0.25) is 0 Å². The number of aromatic nitrogens is 1. The van der Waals surface area contributed by atoms with Gasteiger partial charge in [0.05, 0.1) is 12.2 Å². The molecule has 0 aromatic carbocycles. The molecule has 0 aliphatic carbocycles. The van der Waals surface area contributed by atoms with Crippen LogP contribution in [0.15, 0.2) is 31.1 Å². The monoisotopic (exact) mass is 190 g/mol. The number of hydrogen-bond donors (Lipinski definition) is 0. The summed E-state index contributed by atoms with van der Waals surface area (Å²) in [5.41, 5.74) is 2.48. The van der Waals surface area contributed by atoms with Gasteiger partial charge in [0.25, 0.3) is 0 Å². The highest BCUT2D eigenvalue weighted by Gasteiger charge is 1.98. The third-order valence-electron chi connectivity index (χ3n) is 2.14. The zero-order valence-corrected chi connectivity index (χ0v) is 9.03. The first-order chi connectivity index (χ1) is 6.76. The van der Waals surface area contributed by atoms with Crippen molar-refractivity contribution < 1.29 is 0 Å². The lowest BCUT2D eigenvalue weighted by Crippen LogP contribution is -2.10. The van der Waals surface area contributed by atoms with Crippen molar-refractivity contribution in [2.75, 3.05) is 7.05 Å². The van der Waals surface area contributed by atoms with Gasteiger partial charge in [0.15, 0.2) is 0 Å². The molecule has 0 atom stereocenters. The Morgan fingerprint density at radius 2 is 2.36 bits per heavy atom. The molecule has 0 N–H and O–H groups in total. The first-order valence-corrected chi connectivity index (χ1v) is 5.03. The molecule has 2 nitrogen and oxygen atoms in total. The Balaban J connectivity index is 2.67. The van der Waals surface area contributed by atoms with Gasteiger partial charge in [-0.05, 0) is 30.3 Å². The average Bonchev–Trinajstić information content (AvgIpc) is 2.19. The minimum atomic E-state index is 0.834. The van der Waals surface area contributed by atoms with Crippen LogP contribution >= 0.6 is 0 Å². The van der Waals surface area contributed by atoms with Crippen molar-refractivity contribution >= 4 is 0 Å². The summed E-state index contributed by atoms with van der Waals surface area (Å²) in [6.07, 6.45) is 6.01. The second-order valence-corrected chi connectivity index (χ2v) is 3.50. The van der Waals surface area contributed by atoms with Crippen molar-refractivity contribution in [3.8, 4) is 0 Å². The Hall–Kier alpha value is -1.31. The fourth-order valence-electron chi connectivity index (χ4n) is 1.38. The molecular weight excluding hydrogens is 172 g/mol. The van der Waals surface area contributed by atoms with Gasteiger partial charge >= 0.3 is 0 Å². The van der Waals surface area contributed by atoms with E-state index < -0.39 is 0 Å². The van der Waals surface area contributed by atoms with Gasteiger partial charge in [-0.15, -0.1) is 0 Å². The first-order valence-electron chi connectivity index (χ1n) is 5.03. The lowest BCUT2D eigenvalue weighted by molar-refractivity contribution is 0.445. The highest BCUT2D eigenvalue weighted by atomic mass is 15.1. The van der Waals surface area contributed by atoms with Gasteiger partial charge in [-0.1, -0.05) is 19.9 Å². The molecule has 0 aliphatic rings. The third-order valence-corrected chi connectivity index (χ3v) is 2.14. The normalized spacial score (nSPS) is 9.86. The van der Waals surface area contributed by atoms with Crippen LogP contribution in [0.1, 0.15) is 24.6 Å². The van der Waals surface area contributed by atoms with Crippen LogP contribution in [-0.2, 0) is 13.0 Å². The third kappa shape index (κ3) is 3.21. The smallest absolute Gasteiger partial charge is 0.0599 e. The highest BCUT2D eigenvalue weighted by molar-refractivity contribution is 5.16. The molecule has 0 unspecified atom stereocenters. The van der Waals surface area contributed by atoms with Crippen molar-refractivity contribution in [3.05, 3.63) is 42.4 Å². The van der Waals surface area contributed by atoms with Crippen molar-refractivity contribution in [2.45, 2.75) is 26.3 Å². The quantitative estimate of drug-likeness (QED) is 0.709. The summed E-state index contributed by atoms with van der Waals surface area (Å²) in [5.74, 6) is 0.